The number of benzene rings is 1. The summed E-state index contributed by atoms with van der Waals surface area (Å²) in [5.41, 5.74) is 1.39. The molecule has 0 amide bonds. The highest BCUT2D eigenvalue weighted by molar-refractivity contribution is 5.90. The molecule has 1 aliphatic heterocycles. The molecule has 0 bridgehead atoms. The largest absolute Gasteiger partial charge is 0.467 e. The summed E-state index contributed by atoms with van der Waals surface area (Å²) in [5, 5.41) is 0. The Balaban J connectivity index is 1.53. The molecule has 1 aromatic rings. The first-order chi connectivity index (χ1) is 9.27. The van der Waals surface area contributed by atoms with E-state index >= 15 is 0 Å². The van der Waals surface area contributed by atoms with Gasteiger partial charge in [0.1, 0.15) is 11.4 Å². The monoisotopic (exact) mass is 260 g/mol. The van der Waals surface area contributed by atoms with Crippen LogP contribution in [-0.4, -0.2) is 18.4 Å². The minimum atomic E-state index is -0.210. The maximum atomic E-state index is 12.2. The Hall–Kier alpha value is -1.55. The fraction of sp³-hybridized carbons (Fsp3) is 0.533. The standard InChI is InChI=1S/C15H16O4/c16-14(19-15(5-6-15)12-2-3-12)10-1-4-13-11(7-10)8-17-9-18-13/h1,4,7,12H,2-3,5-6,8-9H2. The minimum Gasteiger partial charge on any atom is -0.467 e. The van der Waals surface area contributed by atoms with Gasteiger partial charge in [-0.15, -0.1) is 0 Å². The van der Waals surface area contributed by atoms with Crippen LogP contribution >= 0.6 is 0 Å². The van der Waals surface area contributed by atoms with Crippen molar-refractivity contribution < 1.29 is 19.0 Å². The summed E-state index contributed by atoms with van der Waals surface area (Å²) >= 11 is 0. The van der Waals surface area contributed by atoms with Crippen LogP contribution in [0.5, 0.6) is 5.75 Å². The molecule has 0 atom stereocenters. The summed E-state index contributed by atoms with van der Waals surface area (Å²) in [5.74, 6) is 1.20. The van der Waals surface area contributed by atoms with Crippen LogP contribution < -0.4 is 4.74 Å². The lowest BCUT2D eigenvalue weighted by atomic mass is 10.1. The molecular weight excluding hydrogens is 244 g/mol. The first-order valence-corrected chi connectivity index (χ1v) is 6.84. The number of fused-ring (bicyclic) bond motifs is 1. The molecule has 1 heterocycles. The average molecular weight is 260 g/mol. The van der Waals surface area contributed by atoms with Gasteiger partial charge in [0.2, 0.25) is 0 Å². The van der Waals surface area contributed by atoms with E-state index in [2.05, 4.69) is 0 Å². The summed E-state index contributed by atoms with van der Waals surface area (Å²) in [6, 6.07) is 5.42. The van der Waals surface area contributed by atoms with Crippen molar-refractivity contribution in [3.63, 3.8) is 0 Å². The molecule has 4 heteroatoms. The highest BCUT2D eigenvalue weighted by Crippen LogP contribution is 2.56. The van der Waals surface area contributed by atoms with Crippen LogP contribution in [0.25, 0.3) is 0 Å². The van der Waals surface area contributed by atoms with Gasteiger partial charge >= 0.3 is 5.97 Å². The molecule has 2 aliphatic carbocycles. The zero-order valence-electron chi connectivity index (χ0n) is 10.7. The summed E-state index contributed by atoms with van der Waals surface area (Å²) in [6.07, 6.45) is 4.47. The van der Waals surface area contributed by atoms with Gasteiger partial charge in [0, 0.05) is 5.56 Å². The van der Waals surface area contributed by atoms with Gasteiger partial charge in [0.25, 0.3) is 0 Å². The fourth-order valence-corrected chi connectivity index (χ4v) is 2.79. The third-order valence-corrected chi connectivity index (χ3v) is 4.21. The third-order valence-electron chi connectivity index (χ3n) is 4.21. The molecule has 0 spiro atoms. The molecular formula is C15H16O4. The summed E-state index contributed by atoms with van der Waals surface area (Å²) in [4.78, 5) is 12.2. The van der Waals surface area contributed by atoms with Gasteiger partial charge < -0.3 is 14.2 Å². The van der Waals surface area contributed by atoms with E-state index in [4.69, 9.17) is 14.2 Å². The van der Waals surface area contributed by atoms with Crippen LogP contribution in [0, 0.1) is 5.92 Å². The molecule has 100 valence electrons. The lowest BCUT2D eigenvalue weighted by Gasteiger charge is -2.19. The Morgan fingerprint density at radius 1 is 1.32 bits per heavy atom. The molecule has 3 aliphatic rings. The van der Waals surface area contributed by atoms with E-state index in [1.807, 2.05) is 12.1 Å². The predicted molar refractivity (Wildman–Crippen MR) is 66.8 cm³/mol. The maximum Gasteiger partial charge on any atom is 0.338 e. The smallest absolute Gasteiger partial charge is 0.338 e. The third kappa shape index (κ3) is 2.00. The van der Waals surface area contributed by atoms with Crippen LogP contribution in [0.15, 0.2) is 18.2 Å². The van der Waals surface area contributed by atoms with E-state index in [0.29, 0.717) is 18.1 Å². The fourth-order valence-electron chi connectivity index (χ4n) is 2.79. The van der Waals surface area contributed by atoms with E-state index < -0.39 is 0 Å². The Kier molecular flexibility index (Phi) is 2.36. The summed E-state index contributed by atoms with van der Waals surface area (Å²) < 4.78 is 16.3. The van der Waals surface area contributed by atoms with E-state index in [9.17, 15) is 4.79 Å². The van der Waals surface area contributed by atoms with Crippen molar-refractivity contribution >= 4 is 5.97 Å². The first-order valence-electron chi connectivity index (χ1n) is 6.84. The number of hydrogen-bond donors (Lipinski definition) is 0. The molecule has 0 N–H and O–H groups in total. The topological polar surface area (TPSA) is 44.8 Å². The highest BCUT2D eigenvalue weighted by Gasteiger charge is 2.57. The minimum absolute atomic E-state index is 0.125. The molecule has 4 rings (SSSR count). The van der Waals surface area contributed by atoms with Crippen molar-refractivity contribution in [3.05, 3.63) is 29.3 Å². The highest BCUT2D eigenvalue weighted by atomic mass is 16.7. The lowest BCUT2D eigenvalue weighted by Crippen LogP contribution is -2.22. The van der Waals surface area contributed by atoms with Crippen molar-refractivity contribution in [3.8, 4) is 5.75 Å². The molecule has 0 radical (unpaired) electrons. The van der Waals surface area contributed by atoms with Gasteiger partial charge in [-0.25, -0.2) is 4.79 Å². The van der Waals surface area contributed by atoms with Gasteiger partial charge in [-0.05, 0) is 49.8 Å². The van der Waals surface area contributed by atoms with Crippen molar-refractivity contribution in [2.75, 3.05) is 6.79 Å². The van der Waals surface area contributed by atoms with Gasteiger partial charge in [0.15, 0.2) is 6.79 Å². The van der Waals surface area contributed by atoms with E-state index in [1.165, 1.54) is 12.8 Å². The molecule has 0 aromatic heterocycles. The summed E-state index contributed by atoms with van der Waals surface area (Å²) in [7, 11) is 0. The second-order valence-corrected chi connectivity index (χ2v) is 5.66. The van der Waals surface area contributed by atoms with Crippen molar-refractivity contribution in [2.45, 2.75) is 37.9 Å². The Labute approximate surface area is 111 Å². The van der Waals surface area contributed by atoms with Crippen molar-refractivity contribution in [1.29, 1.82) is 0 Å². The van der Waals surface area contributed by atoms with Crippen LogP contribution in [-0.2, 0) is 16.1 Å². The molecule has 4 nitrogen and oxygen atoms in total. The molecule has 0 unspecified atom stereocenters. The maximum absolute atomic E-state index is 12.2. The Morgan fingerprint density at radius 3 is 2.89 bits per heavy atom. The molecule has 2 fully saturated rings. The quantitative estimate of drug-likeness (QED) is 0.784. The van der Waals surface area contributed by atoms with Crippen molar-refractivity contribution in [1.82, 2.24) is 0 Å². The number of hydrogen-bond acceptors (Lipinski definition) is 4. The van der Waals surface area contributed by atoms with Crippen LogP contribution in [0.4, 0.5) is 0 Å². The normalized spacial score (nSPS) is 23.2. The second-order valence-electron chi connectivity index (χ2n) is 5.66. The van der Waals surface area contributed by atoms with Gasteiger partial charge in [-0.3, -0.25) is 0 Å². The van der Waals surface area contributed by atoms with Crippen LogP contribution in [0.2, 0.25) is 0 Å². The lowest BCUT2D eigenvalue weighted by molar-refractivity contribution is -0.0165. The number of ether oxygens (including phenoxy) is 3. The average Bonchev–Trinajstić information content (AvgIpc) is 3.30. The van der Waals surface area contributed by atoms with E-state index in [1.54, 1.807) is 6.07 Å². The summed E-state index contributed by atoms with van der Waals surface area (Å²) in [6.45, 7) is 0.770. The van der Waals surface area contributed by atoms with Gasteiger partial charge in [0.05, 0.1) is 12.2 Å². The molecule has 0 saturated heterocycles. The number of carbonyl (C=O) groups excluding carboxylic acids is 1. The van der Waals surface area contributed by atoms with E-state index in [-0.39, 0.29) is 18.4 Å². The van der Waals surface area contributed by atoms with Crippen molar-refractivity contribution in [2.24, 2.45) is 5.92 Å². The number of rotatable bonds is 3. The SMILES string of the molecule is O=C(OC1(C2CC2)CC1)c1ccc2c(c1)COCO2. The molecule has 2 saturated carbocycles. The predicted octanol–water partition coefficient (Wildman–Crippen LogP) is 2.65. The molecule has 1 aromatic carbocycles. The van der Waals surface area contributed by atoms with Crippen LogP contribution in [0.3, 0.4) is 0 Å². The molecule has 19 heavy (non-hydrogen) atoms. The zero-order valence-corrected chi connectivity index (χ0v) is 10.7. The number of esters is 1. The van der Waals surface area contributed by atoms with Gasteiger partial charge in [-0.2, -0.15) is 0 Å². The van der Waals surface area contributed by atoms with E-state index in [0.717, 1.165) is 24.2 Å². The zero-order chi connectivity index (χ0) is 12.9. The van der Waals surface area contributed by atoms with Gasteiger partial charge in [-0.1, -0.05) is 0 Å². The Bertz CT molecular complexity index is 529. The first kappa shape index (κ1) is 11.3. The number of carbonyl (C=O) groups is 1. The second kappa shape index (κ2) is 3.97. The Morgan fingerprint density at radius 2 is 2.16 bits per heavy atom. The van der Waals surface area contributed by atoms with Crippen LogP contribution in [0.1, 0.15) is 41.6 Å².